The second kappa shape index (κ2) is 4.55. The lowest BCUT2D eigenvalue weighted by Crippen LogP contribution is -2.19. The number of benzene rings is 1. The Bertz CT molecular complexity index is 511. The SMILES string of the molecule is O=C(Nc1ccc(Cl)c(Cl)c1)n1cccn1. The monoisotopic (exact) mass is 255 g/mol. The number of aromatic nitrogens is 2. The zero-order valence-corrected chi connectivity index (χ0v) is 9.53. The molecule has 0 fully saturated rings. The van der Waals surface area contributed by atoms with E-state index in [4.69, 9.17) is 23.2 Å². The van der Waals surface area contributed by atoms with Crippen LogP contribution in [0, 0.1) is 0 Å². The van der Waals surface area contributed by atoms with Crippen molar-refractivity contribution in [2.45, 2.75) is 0 Å². The van der Waals surface area contributed by atoms with Crippen molar-refractivity contribution in [3.63, 3.8) is 0 Å². The third kappa shape index (κ3) is 2.35. The van der Waals surface area contributed by atoms with Crippen molar-refractivity contribution in [2.75, 3.05) is 5.32 Å². The fourth-order valence-electron chi connectivity index (χ4n) is 1.14. The predicted molar refractivity (Wildman–Crippen MR) is 63.1 cm³/mol. The summed E-state index contributed by atoms with van der Waals surface area (Å²) in [6.45, 7) is 0. The summed E-state index contributed by atoms with van der Waals surface area (Å²) in [5, 5.41) is 7.26. The number of carbonyl (C=O) groups is 1. The van der Waals surface area contributed by atoms with Crippen LogP contribution in [0.15, 0.2) is 36.7 Å². The highest BCUT2D eigenvalue weighted by Gasteiger charge is 2.05. The minimum absolute atomic E-state index is 0.358. The van der Waals surface area contributed by atoms with E-state index in [0.717, 1.165) is 0 Å². The Hall–Kier alpha value is -1.52. The Morgan fingerprint density at radius 1 is 1.31 bits per heavy atom. The first-order chi connectivity index (χ1) is 7.66. The molecule has 0 atom stereocenters. The van der Waals surface area contributed by atoms with Gasteiger partial charge in [-0.05, 0) is 24.3 Å². The molecular formula is C10H7Cl2N3O. The van der Waals surface area contributed by atoms with Crippen LogP contribution in [0.3, 0.4) is 0 Å². The zero-order chi connectivity index (χ0) is 11.5. The number of rotatable bonds is 1. The summed E-state index contributed by atoms with van der Waals surface area (Å²) >= 11 is 11.6. The van der Waals surface area contributed by atoms with Crippen LogP contribution in [0.4, 0.5) is 10.5 Å². The summed E-state index contributed by atoms with van der Waals surface area (Å²) in [6, 6.07) is 6.15. The lowest BCUT2D eigenvalue weighted by molar-refractivity contribution is 0.251. The maximum absolute atomic E-state index is 11.6. The number of nitrogens with zero attached hydrogens (tertiary/aromatic N) is 2. The molecule has 1 amide bonds. The average molecular weight is 256 g/mol. The van der Waals surface area contributed by atoms with Gasteiger partial charge in [-0.1, -0.05) is 23.2 Å². The topological polar surface area (TPSA) is 46.9 Å². The highest BCUT2D eigenvalue weighted by Crippen LogP contribution is 2.24. The van der Waals surface area contributed by atoms with Crippen LogP contribution in [0.25, 0.3) is 0 Å². The lowest BCUT2D eigenvalue weighted by Gasteiger charge is -2.05. The predicted octanol–water partition coefficient (Wildman–Crippen LogP) is 3.27. The Morgan fingerprint density at radius 3 is 2.75 bits per heavy atom. The molecule has 2 rings (SSSR count). The van der Waals surface area contributed by atoms with E-state index >= 15 is 0 Å². The Balaban J connectivity index is 2.15. The summed E-state index contributed by atoms with van der Waals surface area (Å²) in [7, 11) is 0. The number of amides is 1. The molecule has 0 spiro atoms. The van der Waals surface area contributed by atoms with Crippen molar-refractivity contribution >= 4 is 34.9 Å². The number of halogens is 2. The van der Waals surface area contributed by atoms with E-state index in [-0.39, 0.29) is 6.03 Å². The first-order valence-corrected chi connectivity index (χ1v) is 5.18. The third-order valence-electron chi connectivity index (χ3n) is 1.88. The first kappa shape index (κ1) is 11.0. The van der Waals surface area contributed by atoms with Gasteiger partial charge in [-0.15, -0.1) is 0 Å². The van der Waals surface area contributed by atoms with Crippen molar-refractivity contribution in [1.82, 2.24) is 9.78 Å². The van der Waals surface area contributed by atoms with Crippen LogP contribution in [0.2, 0.25) is 10.0 Å². The molecule has 4 nitrogen and oxygen atoms in total. The smallest absolute Gasteiger partial charge is 0.306 e. The van der Waals surface area contributed by atoms with Crippen LogP contribution < -0.4 is 5.32 Å². The van der Waals surface area contributed by atoms with Gasteiger partial charge in [0, 0.05) is 18.1 Å². The lowest BCUT2D eigenvalue weighted by atomic mass is 10.3. The van der Waals surface area contributed by atoms with Gasteiger partial charge in [0.1, 0.15) is 0 Å². The molecule has 0 saturated heterocycles. The molecule has 0 aliphatic heterocycles. The number of carbonyl (C=O) groups excluding carboxylic acids is 1. The Morgan fingerprint density at radius 2 is 2.12 bits per heavy atom. The van der Waals surface area contributed by atoms with E-state index in [1.165, 1.54) is 10.9 Å². The summed E-state index contributed by atoms with van der Waals surface area (Å²) in [5.41, 5.74) is 0.565. The van der Waals surface area contributed by atoms with E-state index in [1.807, 2.05) is 0 Å². The second-order valence-electron chi connectivity index (χ2n) is 3.01. The van der Waals surface area contributed by atoms with Gasteiger partial charge in [-0.2, -0.15) is 9.78 Å². The summed E-state index contributed by atoms with van der Waals surface area (Å²) in [4.78, 5) is 11.6. The molecule has 1 aromatic heterocycles. The molecule has 0 unspecified atom stereocenters. The van der Waals surface area contributed by atoms with Crippen molar-refractivity contribution in [3.05, 3.63) is 46.7 Å². The molecule has 0 bridgehead atoms. The zero-order valence-electron chi connectivity index (χ0n) is 8.02. The summed E-state index contributed by atoms with van der Waals surface area (Å²) in [5.74, 6) is 0. The van der Waals surface area contributed by atoms with E-state index in [0.29, 0.717) is 15.7 Å². The fourth-order valence-corrected chi connectivity index (χ4v) is 1.44. The van der Waals surface area contributed by atoms with Gasteiger partial charge in [0.15, 0.2) is 0 Å². The van der Waals surface area contributed by atoms with Crippen molar-refractivity contribution in [2.24, 2.45) is 0 Å². The molecule has 2 aromatic rings. The molecule has 1 heterocycles. The van der Waals surface area contributed by atoms with Crippen LogP contribution in [0.1, 0.15) is 0 Å². The molecule has 1 N–H and O–H groups in total. The minimum Gasteiger partial charge on any atom is -0.306 e. The largest absolute Gasteiger partial charge is 0.346 e. The van der Waals surface area contributed by atoms with E-state index in [1.54, 1.807) is 30.5 Å². The second-order valence-corrected chi connectivity index (χ2v) is 3.82. The Labute approximate surface area is 102 Å². The molecule has 0 saturated carbocycles. The van der Waals surface area contributed by atoms with Crippen molar-refractivity contribution in [1.29, 1.82) is 0 Å². The summed E-state index contributed by atoms with van der Waals surface area (Å²) < 4.78 is 1.18. The van der Waals surface area contributed by atoms with Gasteiger partial charge in [0.05, 0.1) is 10.0 Å². The van der Waals surface area contributed by atoms with Gasteiger partial charge < -0.3 is 5.32 Å². The van der Waals surface area contributed by atoms with Gasteiger partial charge in [0.25, 0.3) is 0 Å². The van der Waals surface area contributed by atoms with Crippen molar-refractivity contribution in [3.8, 4) is 0 Å². The maximum Gasteiger partial charge on any atom is 0.346 e. The van der Waals surface area contributed by atoms with Crippen LogP contribution in [-0.4, -0.2) is 15.8 Å². The maximum atomic E-state index is 11.6. The van der Waals surface area contributed by atoms with E-state index < -0.39 is 0 Å². The van der Waals surface area contributed by atoms with Crippen molar-refractivity contribution < 1.29 is 4.79 Å². The van der Waals surface area contributed by atoms with Crippen LogP contribution in [-0.2, 0) is 0 Å². The third-order valence-corrected chi connectivity index (χ3v) is 2.62. The van der Waals surface area contributed by atoms with Gasteiger partial charge in [-0.25, -0.2) is 4.79 Å². The molecule has 6 heteroatoms. The standard InChI is InChI=1S/C10H7Cl2N3O/c11-8-3-2-7(6-9(8)12)14-10(16)15-5-1-4-13-15/h1-6H,(H,14,16). The number of hydrogen-bond donors (Lipinski definition) is 1. The van der Waals surface area contributed by atoms with Crippen LogP contribution in [0.5, 0.6) is 0 Å². The highest BCUT2D eigenvalue weighted by molar-refractivity contribution is 6.42. The highest BCUT2D eigenvalue weighted by atomic mass is 35.5. The number of anilines is 1. The number of nitrogens with one attached hydrogen (secondary N) is 1. The van der Waals surface area contributed by atoms with Gasteiger partial charge in [-0.3, -0.25) is 0 Å². The summed E-state index contributed by atoms with van der Waals surface area (Å²) in [6.07, 6.45) is 3.07. The minimum atomic E-state index is -0.358. The molecule has 1 aromatic carbocycles. The molecular weight excluding hydrogens is 249 g/mol. The molecule has 82 valence electrons. The Kier molecular flexibility index (Phi) is 3.12. The number of hydrogen-bond acceptors (Lipinski definition) is 2. The van der Waals surface area contributed by atoms with Gasteiger partial charge in [0.2, 0.25) is 0 Å². The van der Waals surface area contributed by atoms with Gasteiger partial charge >= 0.3 is 6.03 Å². The molecule has 0 aliphatic rings. The van der Waals surface area contributed by atoms with Crippen LogP contribution >= 0.6 is 23.2 Å². The molecule has 0 aliphatic carbocycles. The van der Waals surface area contributed by atoms with E-state index in [2.05, 4.69) is 10.4 Å². The first-order valence-electron chi connectivity index (χ1n) is 4.43. The molecule has 0 radical (unpaired) electrons. The average Bonchev–Trinajstić information content (AvgIpc) is 2.77. The normalized spacial score (nSPS) is 10.1. The van der Waals surface area contributed by atoms with E-state index in [9.17, 15) is 4.79 Å². The molecule has 16 heavy (non-hydrogen) atoms. The fraction of sp³-hybridized carbons (Fsp3) is 0. The quantitative estimate of drug-likeness (QED) is 0.851.